The van der Waals surface area contributed by atoms with Gasteiger partial charge in [-0.3, -0.25) is 4.79 Å². The summed E-state index contributed by atoms with van der Waals surface area (Å²) < 4.78 is 6.09. The van der Waals surface area contributed by atoms with Crippen LogP contribution in [0.5, 0.6) is 5.75 Å². The van der Waals surface area contributed by atoms with Crippen molar-refractivity contribution >= 4 is 34.5 Å². The highest BCUT2D eigenvalue weighted by molar-refractivity contribution is 14.1. The predicted octanol–water partition coefficient (Wildman–Crippen LogP) is 1.49. The lowest BCUT2D eigenvalue weighted by atomic mass is 10.2. The average Bonchev–Trinajstić information content (AvgIpc) is 2.26. The van der Waals surface area contributed by atoms with Crippen molar-refractivity contribution in [1.29, 1.82) is 0 Å². The maximum atomic E-state index is 11.0. The van der Waals surface area contributed by atoms with Crippen LogP contribution in [-0.4, -0.2) is 23.6 Å². The molecule has 0 heterocycles. The molecule has 6 heteroatoms. The number of ether oxygens (including phenoxy) is 1. The van der Waals surface area contributed by atoms with Gasteiger partial charge in [0.15, 0.2) is 0 Å². The van der Waals surface area contributed by atoms with Crippen molar-refractivity contribution in [3.63, 3.8) is 0 Å². The van der Waals surface area contributed by atoms with Crippen molar-refractivity contribution in [1.82, 2.24) is 0 Å². The van der Waals surface area contributed by atoms with E-state index in [1.807, 2.05) is 22.6 Å². The van der Waals surface area contributed by atoms with Gasteiger partial charge in [-0.05, 0) is 40.8 Å². The lowest BCUT2D eigenvalue weighted by Crippen LogP contribution is -2.26. The van der Waals surface area contributed by atoms with E-state index in [2.05, 4.69) is 0 Å². The van der Waals surface area contributed by atoms with Crippen molar-refractivity contribution in [3.8, 4) is 5.75 Å². The zero-order valence-corrected chi connectivity index (χ0v) is 11.3. The van der Waals surface area contributed by atoms with E-state index in [1.54, 1.807) is 19.1 Å². The number of amides is 1. The second-order valence-electron chi connectivity index (χ2n) is 3.56. The molecule has 1 unspecified atom stereocenters. The van der Waals surface area contributed by atoms with E-state index >= 15 is 0 Å². The Morgan fingerprint density at radius 3 is 2.71 bits per heavy atom. The van der Waals surface area contributed by atoms with E-state index in [9.17, 15) is 9.59 Å². The molecule has 0 aliphatic heterocycles. The minimum Gasteiger partial charge on any atom is -0.492 e. The lowest BCUT2D eigenvalue weighted by Gasteiger charge is -2.12. The second kappa shape index (κ2) is 5.85. The third kappa shape index (κ3) is 3.88. The van der Waals surface area contributed by atoms with Gasteiger partial charge in [0.2, 0.25) is 5.91 Å². The molecule has 0 aliphatic rings. The van der Waals surface area contributed by atoms with E-state index in [-0.39, 0.29) is 17.9 Å². The third-order valence-electron chi connectivity index (χ3n) is 2.15. The Kier molecular flexibility index (Phi) is 4.73. The number of carboxylic acids is 1. The van der Waals surface area contributed by atoms with Crippen LogP contribution >= 0.6 is 22.6 Å². The maximum Gasteiger partial charge on any atom is 0.339 e. The first kappa shape index (κ1) is 13.8. The lowest BCUT2D eigenvalue weighted by molar-refractivity contribution is -0.122. The first-order valence-corrected chi connectivity index (χ1v) is 5.94. The van der Waals surface area contributed by atoms with Crippen LogP contribution in [-0.2, 0) is 4.79 Å². The SMILES string of the molecule is CC(COc1ccc(I)cc1C(=O)O)C(N)=O. The van der Waals surface area contributed by atoms with Crippen LogP contribution in [0, 0.1) is 9.49 Å². The van der Waals surface area contributed by atoms with Crippen LogP contribution < -0.4 is 10.5 Å². The van der Waals surface area contributed by atoms with Crippen LogP contribution in [0.4, 0.5) is 0 Å². The minimum absolute atomic E-state index is 0.0657. The van der Waals surface area contributed by atoms with Gasteiger partial charge in [-0.1, -0.05) is 6.92 Å². The third-order valence-corrected chi connectivity index (χ3v) is 2.82. The summed E-state index contributed by atoms with van der Waals surface area (Å²) in [5, 5.41) is 8.99. The number of hydrogen-bond acceptors (Lipinski definition) is 3. The molecule has 1 rings (SSSR count). The van der Waals surface area contributed by atoms with Crippen molar-refractivity contribution in [3.05, 3.63) is 27.3 Å². The Bertz CT molecular complexity index is 447. The summed E-state index contributed by atoms with van der Waals surface area (Å²) >= 11 is 2.01. The normalized spacial score (nSPS) is 11.9. The van der Waals surface area contributed by atoms with Gasteiger partial charge < -0.3 is 15.6 Å². The van der Waals surface area contributed by atoms with E-state index in [1.165, 1.54) is 6.07 Å². The van der Waals surface area contributed by atoms with Crippen LogP contribution in [0.3, 0.4) is 0 Å². The maximum absolute atomic E-state index is 11.0. The summed E-state index contributed by atoms with van der Waals surface area (Å²) in [4.78, 5) is 21.8. The monoisotopic (exact) mass is 349 g/mol. The molecular weight excluding hydrogens is 337 g/mol. The Morgan fingerprint density at radius 2 is 2.18 bits per heavy atom. The Labute approximate surface area is 112 Å². The molecule has 0 saturated carbocycles. The minimum atomic E-state index is -1.06. The van der Waals surface area contributed by atoms with E-state index in [0.717, 1.165) is 3.57 Å². The van der Waals surface area contributed by atoms with Crippen molar-refractivity contribution in [2.75, 3.05) is 6.61 Å². The fourth-order valence-electron chi connectivity index (χ4n) is 1.09. The average molecular weight is 349 g/mol. The van der Waals surface area contributed by atoms with Gasteiger partial charge in [0.25, 0.3) is 0 Å². The smallest absolute Gasteiger partial charge is 0.339 e. The number of halogens is 1. The number of carbonyl (C=O) groups excluding carboxylic acids is 1. The molecule has 1 amide bonds. The molecule has 1 atom stereocenters. The standard InChI is InChI=1S/C11H12INO4/c1-6(10(13)14)5-17-9-3-2-7(12)4-8(9)11(15)16/h2-4,6H,5H2,1H3,(H2,13,14)(H,15,16). The summed E-state index contributed by atoms with van der Waals surface area (Å²) in [6, 6.07) is 4.81. The molecular formula is C11H12INO4. The topological polar surface area (TPSA) is 89.6 Å². The molecule has 0 aliphatic carbocycles. The molecule has 0 spiro atoms. The quantitative estimate of drug-likeness (QED) is 0.789. The fraction of sp³-hybridized carbons (Fsp3) is 0.273. The molecule has 0 saturated heterocycles. The van der Waals surface area contributed by atoms with Crippen LogP contribution in [0.1, 0.15) is 17.3 Å². The van der Waals surface area contributed by atoms with Gasteiger partial charge in [-0.25, -0.2) is 4.79 Å². The molecule has 5 nitrogen and oxygen atoms in total. The highest BCUT2D eigenvalue weighted by Gasteiger charge is 2.14. The fourth-order valence-corrected chi connectivity index (χ4v) is 1.58. The number of hydrogen-bond donors (Lipinski definition) is 2. The van der Waals surface area contributed by atoms with E-state index in [4.69, 9.17) is 15.6 Å². The molecule has 3 N–H and O–H groups in total. The number of nitrogens with two attached hydrogens (primary N) is 1. The van der Waals surface area contributed by atoms with Gasteiger partial charge in [0.1, 0.15) is 11.3 Å². The summed E-state index contributed by atoms with van der Waals surface area (Å²) in [6.07, 6.45) is 0. The Balaban J connectivity index is 2.84. The Morgan fingerprint density at radius 1 is 1.53 bits per heavy atom. The highest BCUT2D eigenvalue weighted by Crippen LogP contribution is 2.21. The number of primary amides is 1. The number of carbonyl (C=O) groups is 2. The summed E-state index contributed by atoms with van der Waals surface area (Å²) in [5.74, 6) is -1.76. The molecule has 92 valence electrons. The summed E-state index contributed by atoms with van der Waals surface area (Å²) in [5.41, 5.74) is 5.16. The van der Waals surface area contributed by atoms with Gasteiger partial charge in [0, 0.05) is 3.57 Å². The van der Waals surface area contributed by atoms with Crippen molar-refractivity contribution in [2.24, 2.45) is 11.7 Å². The molecule has 0 fully saturated rings. The van der Waals surface area contributed by atoms with Gasteiger partial charge in [-0.2, -0.15) is 0 Å². The molecule has 0 bridgehead atoms. The number of carboxylic acid groups (broad SMARTS) is 1. The predicted molar refractivity (Wildman–Crippen MR) is 70.0 cm³/mol. The number of benzene rings is 1. The molecule has 1 aromatic rings. The number of aromatic carboxylic acids is 1. The summed E-state index contributed by atoms with van der Waals surface area (Å²) in [7, 11) is 0. The zero-order chi connectivity index (χ0) is 13.0. The largest absolute Gasteiger partial charge is 0.492 e. The van der Waals surface area contributed by atoms with Gasteiger partial charge >= 0.3 is 5.97 Å². The molecule has 0 aromatic heterocycles. The molecule has 1 aromatic carbocycles. The molecule has 0 radical (unpaired) electrons. The van der Waals surface area contributed by atoms with Crippen LogP contribution in [0.2, 0.25) is 0 Å². The number of rotatable bonds is 5. The summed E-state index contributed by atoms with van der Waals surface area (Å²) in [6.45, 7) is 1.69. The van der Waals surface area contributed by atoms with Crippen molar-refractivity contribution < 1.29 is 19.4 Å². The van der Waals surface area contributed by atoms with Crippen LogP contribution in [0.25, 0.3) is 0 Å². The van der Waals surface area contributed by atoms with Crippen LogP contribution in [0.15, 0.2) is 18.2 Å². The Hall–Kier alpha value is -1.31. The highest BCUT2D eigenvalue weighted by atomic mass is 127. The first-order chi connectivity index (χ1) is 7.91. The van der Waals surface area contributed by atoms with Gasteiger partial charge in [-0.15, -0.1) is 0 Å². The molecule has 17 heavy (non-hydrogen) atoms. The van der Waals surface area contributed by atoms with Gasteiger partial charge in [0.05, 0.1) is 12.5 Å². The van der Waals surface area contributed by atoms with E-state index in [0.29, 0.717) is 0 Å². The van der Waals surface area contributed by atoms with Crippen molar-refractivity contribution in [2.45, 2.75) is 6.92 Å². The first-order valence-electron chi connectivity index (χ1n) is 4.86. The zero-order valence-electron chi connectivity index (χ0n) is 9.14. The second-order valence-corrected chi connectivity index (χ2v) is 4.81. The van der Waals surface area contributed by atoms with E-state index < -0.39 is 17.8 Å².